The van der Waals surface area contributed by atoms with Crippen LogP contribution in [0.1, 0.15) is 349 Å². The number of hydrogen-bond acceptors (Lipinski definition) is 15. The van der Waals surface area contributed by atoms with Crippen molar-refractivity contribution < 1.29 is 80.2 Å². The van der Waals surface area contributed by atoms with E-state index in [1.54, 1.807) is 0 Å². The van der Waals surface area contributed by atoms with E-state index in [0.717, 1.165) is 205 Å². The Morgan fingerprint density at radius 2 is 0.491 bits per heavy atom. The van der Waals surface area contributed by atoms with Gasteiger partial charge < -0.3 is 33.8 Å². The summed E-state index contributed by atoms with van der Waals surface area (Å²) >= 11 is 0. The molecule has 19 heteroatoms. The number of aliphatic hydroxyl groups is 1. The lowest BCUT2D eigenvalue weighted by Crippen LogP contribution is -2.30. The minimum atomic E-state index is -4.99. The summed E-state index contributed by atoms with van der Waals surface area (Å²) in [7, 11) is -9.98. The van der Waals surface area contributed by atoms with Crippen LogP contribution < -0.4 is 0 Å². The van der Waals surface area contributed by atoms with Crippen molar-refractivity contribution in [2.24, 2.45) is 0 Å². The molecule has 0 aromatic carbocycles. The van der Waals surface area contributed by atoms with Crippen LogP contribution in [0.25, 0.3) is 0 Å². The Hall–Kier alpha value is -4.54. The fraction of sp³-hybridized carbons (Fsp3) is 0.724. The zero-order chi connectivity index (χ0) is 77.4. The van der Waals surface area contributed by atoms with Gasteiger partial charge in [0.15, 0.2) is 12.2 Å². The van der Waals surface area contributed by atoms with Gasteiger partial charge in [0.1, 0.15) is 19.3 Å². The van der Waals surface area contributed by atoms with Crippen LogP contribution >= 0.6 is 15.6 Å². The molecule has 17 nitrogen and oxygen atoms in total. The number of unbranched alkanes of at least 4 members (excludes halogenated alkanes) is 32. The van der Waals surface area contributed by atoms with Gasteiger partial charge in [-0.25, -0.2) is 9.13 Å². The molecule has 0 spiro atoms. The van der Waals surface area contributed by atoms with E-state index in [1.807, 2.05) is 0 Å². The lowest BCUT2D eigenvalue weighted by Gasteiger charge is -2.21. The van der Waals surface area contributed by atoms with Crippen molar-refractivity contribution >= 4 is 39.5 Å². The van der Waals surface area contributed by atoms with Crippen LogP contribution in [0.5, 0.6) is 0 Å². The minimum Gasteiger partial charge on any atom is -0.462 e. The highest BCUT2D eigenvalue weighted by Crippen LogP contribution is 2.45. The normalized spacial score (nSPS) is 14.4. The van der Waals surface area contributed by atoms with E-state index in [1.165, 1.54) is 64.2 Å². The number of hydrogen-bond donors (Lipinski definition) is 3. The second-order valence-electron chi connectivity index (χ2n) is 27.7. The summed E-state index contributed by atoms with van der Waals surface area (Å²) in [5.74, 6) is -2.22. The monoisotopic (exact) mass is 1530 g/mol. The van der Waals surface area contributed by atoms with Gasteiger partial charge in [0.25, 0.3) is 0 Å². The summed E-state index contributed by atoms with van der Waals surface area (Å²) in [6.07, 6.45) is 87.3. The van der Waals surface area contributed by atoms with E-state index in [0.29, 0.717) is 25.7 Å². The van der Waals surface area contributed by atoms with Crippen LogP contribution in [0.4, 0.5) is 0 Å². The van der Waals surface area contributed by atoms with Gasteiger partial charge in [-0.3, -0.25) is 37.3 Å². The van der Waals surface area contributed by atoms with Gasteiger partial charge in [-0.1, -0.05) is 284 Å². The van der Waals surface area contributed by atoms with Gasteiger partial charge >= 0.3 is 39.5 Å². The van der Waals surface area contributed by atoms with Gasteiger partial charge in [-0.2, -0.15) is 0 Å². The first-order valence-electron chi connectivity index (χ1n) is 41.8. The van der Waals surface area contributed by atoms with Crippen LogP contribution in [0, 0.1) is 0 Å². The maximum Gasteiger partial charge on any atom is 0.472 e. The van der Waals surface area contributed by atoms with Crippen molar-refractivity contribution in [1.29, 1.82) is 0 Å². The smallest absolute Gasteiger partial charge is 0.462 e. The number of phosphoric ester groups is 2. The van der Waals surface area contributed by atoms with Gasteiger partial charge in [-0.15, -0.1) is 0 Å². The van der Waals surface area contributed by atoms with Crippen LogP contribution in [-0.4, -0.2) is 96.7 Å². The molecule has 0 rings (SSSR count). The van der Waals surface area contributed by atoms with Gasteiger partial charge in [0, 0.05) is 25.7 Å². The molecule has 0 heterocycles. The van der Waals surface area contributed by atoms with Crippen molar-refractivity contribution in [2.75, 3.05) is 39.6 Å². The summed E-state index contributed by atoms with van der Waals surface area (Å²) in [6, 6.07) is 0. The third-order valence-electron chi connectivity index (χ3n) is 17.4. The molecular weight excluding hydrogens is 1380 g/mol. The SMILES string of the molecule is CC/C=C\C/C=C\C/C=C\CCCCCCCC(=O)OC(COC(=O)CCCCCCCC/C=C\C/C=C\C/C=C\CCCCC)COP(=O)(O)OCC(O)COP(=O)(O)OCC(COC(=O)CCCCCCCC/C=C\C/C=C\C/C=C\CCCCC)OC(=O)CCCCCCC/C=C\CCCCCC. The lowest BCUT2D eigenvalue weighted by atomic mass is 10.1. The van der Waals surface area contributed by atoms with Gasteiger partial charge in [0.05, 0.1) is 26.4 Å². The second kappa shape index (κ2) is 78.6. The average Bonchev–Trinajstić information content (AvgIpc) is 0.903. The second-order valence-corrected chi connectivity index (χ2v) is 30.6. The highest BCUT2D eigenvalue weighted by molar-refractivity contribution is 7.47. The van der Waals surface area contributed by atoms with E-state index in [-0.39, 0.29) is 25.7 Å². The van der Waals surface area contributed by atoms with E-state index in [9.17, 15) is 43.2 Å². The third kappa shape index (κ3) is 77.6. The Morgan fingerprint density at radius 1 is 0.274 bits per heavy atom. The predicted octanol–water partition coefficient (Wildman–Crippen LogP) is 24.7. The Morgan fingerprint density at radius 3 is 0.783 bits per heavy atom. The van der Waals surface area contributed by atoms with Crippen molar-refractivity contribution in [1.82, 2.24) is 0 Å². The molecule has 0 bridgehead atoms. The van der Waals surface area contributed by atoms with Gasteiger partial charge in [0.2, 0.25) is 0 Å². The van der Waals surface area contributed by atoms with Crippen LogP contribution in [0.2, 0.25) is 0 Å². The Balaban J connectivity index is 5.37. The quantitative estimate of drug-likeness (QED) is 0.0169. The molecule has 0 aromatic heterocycles. The van der Waals surface area contributed by atoms with Crippen molar-refractivity contribution in [2.45, 2.75) is 367 Å². The number of carbonyl (C=O) groups is 4. The molecule has 106 heavy (non-hydrogen) atoms. The summed E-state index contributed by atoms with van der Waals surface area (Å²) < 4.78 is 68.7. The topological polar surface area (TPSA) is 237 Å². The molecule has 0 aliphatic carbocycles. The molecule has 5 unspecified atom stereocenters. The van der Waals surface area contributed by atoms with Crippen molar-refractivity contribution in [3.8, 4) is 0 Å². The maximum absolute atomic E-state index is 13.1. The Kier molecular flexibility index (Phi) is 75.2. The molecule has 0 radical (unpaired) electrons. The van der Waals surface area contributed by atoms with Crippen LogP contribution in [0.3, 0.4) is 0 Å². The standard InChI is InChI=1S/C87H150O17P2/c1-5-9-13-17-21-25-29-33-36-38-40-42-45-48-51-55-59-63-67-71-84(89)97-77-82(103-86(91)73-69-65-61-57-53-47-32-28-24-20-16-12-8-4)79-101-105(93,94)99-75-81(88)76-100-106(95,96)102-80-83(104-87(92)74-70-66-62-58-54-50-44-35-31-27-23-19-15-11-7-3)78-98-85(90)72-68-64-60-56-52-49-46-43-41-39-37-34-30-26-22-18-14-10-6-2/h11,15,21-23,25-28,32-37,40-44,81-83,88H,5-10,12-14,16-20,24,29-31,38-39,45-80H2,1-4H3,(H,93,94)(H,95,96)/b15-11-,25-21-,26-22-,27-23-,32-28-,36-33-,37-34-,42-40-,43-41-,44-35-. The predicted molar refractivity (Wildman–Crippen MR) is 436 cm³/mol. The number of carbonyl (C=O) groups excluding carboxylic acids is 4. The van der Waals surface area contributed by atoms with E-state index >= 15 is 0 Å². The number of phosphoric acid groups is 2. The van der Waals surface area contributed by atoms with Crippen LogP contribution in [-0.2, 0) is 65.4 Å². The first-order chi connectivity index (χ1) is 51.7. The van der Waals surface area contributed by atoms with E-state index in [4.69, 9.17) is 37.0 Å². The first-order valence-corrected chi connectivity index (χ1v) is 44.8. The van der Waals surface area contributed by atoms with Gasteiger partial charge in [-0.05, 0) is 161 Å². The Labute approximate surface area is 644 Å². The summed E-state index contributed by atoms with van der Waals surface area (Å²) in [6.45, 7) is 4.67. The Bertz CT molecular complexity index is 2480. The molecule has 610 valence electrons. The zero-order valence-corrected chi connectivity index (χ0v) is 68.6. The fourth-order valence-electron chi connectivity index (χ4n) is 11.0. The molecule has 0 amide bonds. The molecule has 3 N–H and O–H groups in total. The minimum absolute atomic E-state index is 0.0704. The molecule has 0 aromatic rings. The molecule has 0 aliphatic heterocycles. The number of ether oxygens (including phenoxy) is 4. The summed E-state index contributed by atoms with van der Waals surface area (Å²) in [4.78, 5) is 73.1. The molecular formula is C87H150O17P2. The molecule has 0 aliphatic rings. The number of esters is 4. The van der Waals surface area contributed by atoms with E-state index in [2.05, 4.69) is 149 Å². The largest absolute Gasteiger partial charge is 0.472 e. The maximum atomic E-state index is 13.1. The lowest BCUT2D eigenvalue weighted by molar-refractivity contribution is -0.161. The molecule has 0 fully saturated rings. The highest BCUT2D eigenvalue weighted by Gasteiger charge is 2.30. The molecule has 5 atom stereocenters. The first kappa shape index (κ1) is 101. The highest BCUT2D eigenvalue weighted by atomic mass is 31.2. The van der Waals surface area contributed by atoms with Crippen LogP contribution in [0.15, 0.2) is 122 Å². The molecule has 0 saturated heterocycles. The van der Waals surface area contributed by atoms with E-state index < -0.39 is 97.5 Å². The number of rotatable bonds is 78. The zero-order valence-electron chi connectivity index (χ0n) is 66.8. The number of allylic oxidation sites excluding steroid dienone is 20. The molecule has 0 saturated carbocycles. The fourth-order valence-corrected chi connectivity index (χ4v) is 12.6. The summed E-state index contributed by atoms with van der Waals surface area (Å²) in [5.41, 5.74) is 0. The van der Waals surface area contributed by atoms with Crippen molar-refractivity contribution in [3.63, 3.8) is 0 Å². The average molecular weight is 1530 g/mol. The van der Waals surface area contributed by atoms with Crippen molar-refractivity contribution in [3.05, 3.63) is 122 Å². The number of aliphatic hydroxyl groups excluding tert-OH is 1. The summed E-state index contributed by atoms with van der Waals surface area (Å²) in [5, 5.41) is 10.7. The third-order valence-corrected chi connectivity index (χ3v) is 19.3.